The number of halogens is 2. The van der Waals surface area contributed by atoms with Gasteiger partial charge in [-0.1, -0.05) is 74.0 Å². The van der Waals surface area contributed by atoms with Crippen LogP contribution in [0.1, 0.15) is 72.5 Å². The van der Waals surface area contributed by atoms with Crippen molar-refractivity contribution < 1.29 is 9.53 Å². The van der Waals surface area contributed by atoms with Crippen molar-refractivity contribution in [1.29, 1.82) is 0 Å². The minimum Gasteiger partial charge on any atom is -0.490 e. The fourth-order valence-corrected chi connectivity index (χ4v) is 4.24. The topological polar surface area (TPSA) is 26.3 Å². The van der Waals surface area contributed by atoms with Gasteiger partial charge in [0.2, 0.25) is 0 Å². The maximum absolute atomic E-state index is 10.9. The Kier molecular flexibility index (Phi) is 10.0. The van der Waals surface area contributed by atoms with E-state index in [-0.39, 0.29) is 0 Å². The van der Waals surface area contributed by atoms with Crippen molar-refractivity contribution in [1.82, 2.24) is 0 Å². The van der Waals surface area contributed by atoms with Crippen LogP contribution in [0.15, 0.2) is 30.3 Å². The van der Waals surface area contributed by atoms with Gasteiger partial charge in [-0.3, -0.25) is 4.79 Å². The van der Waals surface area contributed by atoms with Crippen LogP contribution < -0.4 is 4.74 Å². The molecule has 0 bridgehead atoms. The zero-order valence-electron chi connectivity index (χ0n) is 17.8. The van der Waals surface area contributed by atoms with Gasteiger partial charge in [0.25, 0.3) is 0 Å². The molecule has 0 N–H and O–H groups in total. The maximum Gasteiger partial charge on any atom is 0.156 e. The second-order valence-corrected chi connectivity index (χ2v) is 8.72. The Balaban J connectivity index is 1.91. The van der Waals surface area contributed by atoms with E-state index in [1.54, 1.807) is 12.1 Å². The predicted octanol–water partition coefficient (Wildman–Crippen LogP) is 8.02. The Morgan fingerprint density at radius 1 is 0.966 bits per heavy atom. The van der Waals surface area contributed by atoms with Crippen molar-refractivity contribution >= 4 is 29.5 Å². The summed E-state index contributed by atoms with van der Waals surface area (Å²) < 4.78 is 5.85. The van der Waals surface area contributed by atoms with Gasteiger partial charge in [-0.15, -0.1) is 0 Å². The highest BCUT2D eigenvalue weighted by molar-refractivity contribution is 6.37. The van der Waals surface area contributed by atoms with E-state index in [9.17, 15) is 4.79 Å². The van der Waals surface area contributed by atoms with Gasteiger partial charge in [-0.05, 0) is 67.9 Å². The van der Waals surface area contributed by atoms with Gasteiger partial charge >= 0.3 is 0 Å². The zero-order chi connectivity index (χ0) is 21.2. The number of hydrogen-bond donors (Lipinski definition) is 0. The second kappa shape index (κ2) is 12.2. The highest BCUT2D eigenvalue weighted by atomic mass is 35.5. The molecule has 0 saturated heterocycles. The lowest BCUT2D eigenvalue weighted by Gasteiger charge is -2.18. The maximum atomic E-state index is 10.9. The van der Waals surface area contributed by atoms with E-state index in [1.807, 2.05) is 0 Å². The van der Waals surface area contributed by atoms with E-state index in [1.165, 1.54) is 42.4 Å². The molecule has 0 aliphatic heterocycles. The Morgan fingerprint density at radius 3 is 2.28 bits per heavy atom. The Labute approximate surface area is 185 Å². The van der Waals surface area contributed by atoms with E-state index < -0.39 is 0 Å². The van der Waals surface area contributed by atoms with Gasteiger partial charge in [-0.2, -0.15) is 0 Å². The standard InChI is InChI=1S/C25H32Cl2O2/c1-4-5-6-8-20(14-21-11-10-18(2)19(3)13-21)9-7-12-29-25-23(26)15-22(17-28)16-24(25)27/h10-11,13,15-17,20H,4-9,12,14H2,1-3H3/t20-/m0/s1. The molecule has 0 radical (unpaired) electrons. The third-order valence-corrected chi connectivity index (χ3v) is 6.03. The molecule has 4 heteroatoms. The molecule has 2 aromatic carbocycles. The fourth-order valence-electron chi connectivity index (χ4n) is 3.63. The van der Waals surface area contributed by atoms with Gasteiger partial charge in [0.05, 0.1) is 16.7 Å². The summed E-state index contributed by atoms with van der Waals surface area (Å²) in [4.78, 5) is 10.9. The third kappa shape index (κ3) is 7.68. The SMILES string of the molecule is CCCCC[C@@H](CCCOc1c(Cl)cc(C=O)cc1Cl)Cc1ccc(C)c(C)c1. The number of carbonyl (C=O) groups is 1. The molecule has 0 fully saturated rings. The first-order chi connectivity index (χ1) is 13.9. The van der Waals surface area contributed by atoms with Crippen LogP contribution in [-0.2, 0) is 6.42 Å². The lowest BCUT2D eigenvalue weighted by Crippen LogP contribution is -2.08. The molecule has 2 rings (SSSR count). The summed E-state index contributed by atoms with van der Waals surface area (Å²) in [6.45, 7) is 7.15. The molecule has 29 heavy (non-hydrogen) atoms. The molecule has 158 valence electrons. The molecule has 0 amide bonds. The number of rotatable bonds is 12. The third-order valence-electron chi connectivity index (χ3n) is 5.47. The average Bonchev–Trinajstić information content (AvgIpc) is 2.69. The minimum atomic E-state index is 0.384. The van der Waals surface area contributed by atoms with Crippen LogP contribution in [-0.4, -0.2) is 12.9 Å². The largest absolute Gasteiger partial charge is 0.490 e. The first kappa shape index (κ1) is 23.8. The van der Waals surface area contributed by atoms with Crippen molar-refractivity contribution in [3.63, 3.8) is 0 Å². The molecule has 0 aliphatic rings. The monoisotopic (exact) mass is 434 g/mol. The zero-order valence-corrected chi connectivity index (χ0v) is 19.3. The van der Waals surface area contributed by atoms with Gasteiger partial charge in [0.15, 0.2) is 5.75 Å². The number of benzene rings is 2. The number of hydrogen-bond acceptors (Lipinski definition) is 2. The van der Waals surface area contributed by atoms with Crippen LogP contribution in [0.3, 0.4) is 0 Å². The quantitative estimate of drug-likeness (QED) is 0.249. The number of aldehydes is 1. The molecule has 0 unspecified atom stereocenters. The first-order valence-corrected chi connectivity index (χ1v) is 11.3. The summed E-state index contributed by atoms with van der Waals surface area (Å²) in [5.41, 5.74) is 4.59. The van der Waals surface area contributed by atoms with Crippen molar-refractivity contribution in [2.45, 2.75) is 65.7 Å². The van der Waals surface area contributed by atoms with Crippen LogP contribution >= 0.6 is 23.2 Å². The number of aryl methyl sites for hydroxylation is 2. The summed E-state index contributed by atoms with van der Waals surface area (Å²) in [5, 5.41) is 0.767. The van der Waals surface area contributed by atoms with Crippen molar-refractivity contribution in [3.8, 4) is 5.75 Å². The molecule has 0 spiro atoms. The summed E-state index contributed by atoms with van der Waals surface area (Å²) in [5.74, 6) is 1.12. The van der Waals surface area contributed by atoms with E-state index in [0.717, 1.165) is 25.5 Å². The van der Waals surface area contributed by atoms with Crippen LogP contribution in [0.4, 0.5) is 0 Å². The lowest BCUT2D eigenvalue weighted by atomic mass is 9.89. The van der Waals surface area contributed by atoms with E-state index >= 15 is 0 Å². The number of unbranched alkanes of at least 4 members (excludes halogenated alkanes) is 2. The number of ether oxygens (including phenoxy) is 1. The van der Waals surface area contributed by atoms with Gasteiger partial charge in [0.1, 0.15) is 6.29 Å². The summed E-state index contributed by atoms with van der Waals surface area (Å²) in [6.07, 6.45) is 8.95. The fraction of sp³-hybridized carbons (Fsp3) is 0.480. The molecule has 2 nitrogen and oxygen atoms in total. The smallest absolute Gasteiger partial charge is 0.156 e. The highest BCUT2D eigenvalue weighted by Gasteiger charge is 2.13. The van der Waals surface area contributed by atoms with Crippen LogP contribution in [0, 0.1) is 19.8 Å². The summed E-state index contributed by atoms with van der Waals surface area (Å²) in [6, 6.07) is 9.99. The molecule has 0 aliphatic carbocycles. The van der Waals surface area contributed by atoms with E-state index in [2.05, 4.69) is 39.0 Å². The lowest BCUT2D eigenvalue weighted by molar-refractivity contribution is 0.112. The second-order valence-electron chi connectivity index (χ2n) is 7.91. The Morgan fingerprint density at radius 2 is 1.66 bits per heavy atom. The highest BCUT2D eigenvalue weighted by Crippen LogP contribution is 2.34. The molecular weight excluding hydrogens is 403 g/mol. The Hall–Kier alpha value is -1.51. The molecule has 0 saturated carbocycles. The molecule has 1 atom stereocenters. The van der Waals surface area contributed by atoms with Gasteiger partial charge in [-0.25, -0.2) is 0 Å². The molecular formula is C25H32Cl2O2. The van der Waals surface area contributed by atoms with E-state index in [4.69, 9.17) is 27.9 Å². The molecule has 0 aromatic heterocycles. The number of carbonyl (C=O) groups excluding carboxylic acids is 1. The van der Waals surface area contributed by atoms with Crippen LogP contribution in [0.2, 0.25) is 10.0 Å². The van der Waals surface area contributed by atoms with Crippen LogP contribution in [0.5, 0.6) is 5.75 Å². The minimum absolute atomic E-state index is 0.384. The van der Waals surface area contributed by atoms with Crippen molar-refractivity contribution in [3.05, 3.63) is 62.6 Å². The average molecular weight is 435 g/mol. The Bertz CT molecular complexity index is 778. The molecule has 0 heterocycles. The predicted molar refractivity (Wildman–Crippen MR) is 124 cm³/mol. The van der Waals surface area contributed by atoms with Gasteiger partial charge < -0.3 is 4.74 Å². The summed E-state index contributed by atoms with van der Waals surface area (Å²) >= 11 is 12.4. The van der Waals surface area contributed by atoms with Gasteiger partial charge in [0, 0.05) is 5.56 Å². The van der Waals surface area contributed by atoms with Crippen molar-refractivity contribution in [2.75, 3.05) is 6.61 Å². The first-order valence-electron chi connectivity index (χ1n) is 10.6. The normalized spacial score (nSPS) is 12.0. The van der Waals surface area contributed by atoms with E-state index in [0.29, 0.717) is 33.9 Å². The van der Waals surface area contributed by atoms with Crippen molar-refractivity contribution in [2.24, 2.45) is 5.92 Å². The molecule has 2 aromatic rings. The van der Waals surface area contributed by atoms with Crippen LogP contribution in [0.25, 0.3) is 0 Å². The summed E-state index contributed by atoms with van der Waals surface area (Å²) in [7, 11) is 0.